The Hall–Kier alpha value is -0.610. The van der Waals surface area contributed by atoms with Crippen LogP contribution in [0.15, 0.2) is 0 Å². The lowest BCUT2D eigenvalue weighted by molar-refractivity contribution is -0.143. The second kappa shape index (κ2) is 9.34. The second-order valence-corrected chi connectivity index (χ2v) is 5.10. The van der Waals surface area contributed by atoms with Gasteiger partial charge in [0.25, 0.3) is 0 Å². The Bertz CT molecular complexity index is 226. The van der Waals surface area contributed by atoms with Crippen molar-refractivity contribution >= 4 is 5.97 Å². The highest BCUT2D eigenvalue weighted by Crippen LogP contribution is 2.11. The third-order valence-corrected chi connectivity index (χ3v) is 3.52. The van der Waals surface area contributed by atoms with Crippen LogP contribution in [0.25, 0.3) is 0 Å². The molecule has 1 atom stereocenters. The van der Waals surface area contributed by atoms with Gasteiger partial charge in [-0.2, -0.15) is 0 Å². The van der Waals surface area contributed by atoms with E-state index in [1.165, 1.54) is 39.2 Å². The Morgan fingerprint density at radius 1 is 1.22 bits per heavy atom. The first-order chi connectivity index (χ1) is 8.77. The molecule has 18 heavy (non-hydrogen) atoms. The van der Waals surface area contributed by atoms with E-state index in [-0.39, 0.29) is 12.0 Å². The van der Waals surface area contributed by atoms with Gasteiger partial charge in [0, 0.05) is 6.54 Å². The fraction of sp³-hybridized carbons (Fsp3) is 0.929. The molecule has 0 saturated carbocycles. The molecular weight excluding hydrogens is 228 g/mol. The summed E-state index contributed by atoms with van der Waals surface area (Å²) in [7, 11) is 1.47. The van der Waals surface area contributed by atoms with Crippen LogP contribution in [0.5, 0.6) is 0 Å². The van der Waals surface area contributed by atoms with Crippen molar-refractivity contribution in [3.8, 4) is 0 Å². The molecule has 0 aliphatic carbocycles. The molecule has 0 aromatic rings. The van der Waals surface area contributed by atoms with Crippen LogP contribution in [0.4, 0.5) is 0 Å². The normalized spacial score (nSPS) is 19.9. The smallest absolute Gasteiger partial charge is 0.324 e. The summed E-state index contributed by atoms with van der Waals surface area (Å²) in [6, 6.07) is -0.172. The molecule has 0 bridgehead atoms. The van der Waals surface area contributed by atoms with Gasteiger partial charge in [-0.25, -0.2) is 0 Å². The number of nitrogens with zero attached hydrogens (tertiary/aromatic N) is 1. The van der Waals surface area contributed by atoms with E-state index in [1.54, 1.807) is 0 Å². The Morgan fingerprint density at radius 2 is 1.83 bits per heavy atom. The highest BCUT2D eigenvalue weighted by atomic mass is 16.5. The molecule has 1 fully saturated rings. The maximum absolute atomic E-state index is 11.7. The quantitative estimate of drug-likeness (QED) is 0.736. The van der Waals surface area contributed by atoms with Crippen LogP contribution in [0, 0.1) is 0 Å². The molecule has 1 unspecified atom stereocenters. The Kier molecular flexibility index (Phi) is 8.01. The molecule has 1 N–H and O–H groups in total. The highest BCUT2D eigenvalue weighted by molar-refractivity contribution is 5.75. The molecule has 0 amide bonds. The number of carbonyl (C=O) groups is 1. The molecule has 4 heteroatoms. The minimum atomic E-state index is -0.172. The van der Waals surface area contributed by atoms with E-state index in [4.69, 9.17) is 4.74 Å². The number of rotatable bonds is 6. The third-order valence-electron chi connectivity index (χ3n) is 3.52. The number of hydrogen-bond acceptors (Lipinski definition) is 4. The van der Waals surface area contributed by atoms with Crippen molar-refractivity contribution in [2.24, 2.45) is 0 Å². The first kappa shape index (κ1) is 15.4. The molecule has 1 rings (SSSR count). The van der Waals surface area contributed by atoms with Crippen molar-refractivity contribution in [3.63, 3.8) is 0 Å². The van der Waals surface area contributed by atoms with E-state index in [9.17, 15) is 4.79 Å². The topological polar surface area (TPSA) is 41.6 Å². The largest absolute Gasteiger partial charge is 0.468 e. The van der Waals surface area contributed by atoms with Gasteiger partial charge in [-0.15, -0.1) is 0 Å². The molecule has 0 aromatic heterocycles. The van der Waals surface area contributed by atoms with Crippen LogP contribution in [0.1, 0.15) is 45.4 Å². The Labute approximate surface area is 111 Å². The molecule has 4 nitrogen and oxygen atoms in total. The van der Waals surface area contributed by atoms with Crippen LogP contribution >= 0.6 is 0 Å². The summed E-state index contributed by atoms with van der Waals surface area (Å²) >= 11 is 0. The number of methoxy groups -OCH3 is 1. The van der Waals surface area contributed by atoms with E-state index in [1.807, 2.05) is 0 Å². The van der Waals surface area contributed by atoms with Crippen LogP contribution < -0.4 is 5.32 Å². The summed E-state index contributed by atoms with van der Waals surface area (Å²) in [6.07, 6.45) is 7.54. The summed E-state index contributed by atoms with van der Waals surface area (Å²) in [5.74, 6) is -0.134. The van der Waals surface area contributed by atoms with Crippen molar-refractivity contribution in [1.82, 2.24) is 10.2 Å². The third kappa shape index (κ3) is 5.83. The summed E-state index contributed by atoms with van der Waals surface area (Å²) in [5.41, 5.74) is 0. The minimum Gasteiger partial charge on any atom is -0.468 e. The number of hydrogen-bond donors (Lipinski definition) is 1. The summed E-state index contributed by atoms with van der Waals surface area (Å²) in [4.78, 5) is 14.1. The fourth-order valence-corrected chi connectivity index (χ4v) is 2.44. The van der Waals surface area contributed by atoms with Crippen LogP contribution in [0.3, 0.4) is 0 Å². The summed E-state index contributed by atoms with van der Waals surface area (Å²) in [5, 5.41) is 3.29. The van der Waals surface area contributed by atoms with Gasteiger partial charge in [0.15, 0.2) is 0 Å². The van der Waals surface area contributed by atoms with E-state index >= 15 is 0 Å². The average Bonchev–Trinajstić information content (AvgIpc) is 2.35. The van der Waals surface area contributed by atoms with Crippen molar-refractivity contribution < 1.29 is 9.53 Å². The molecular formula is C14H28N2O2. The van der Waals surface area contributed by atoms with Gasteiger partial charge >= 0.3 is 5.97 Å². The van der Waals surface area contributed by atoms with Gasteiger partial charge in [-0.1, -0.05) is 26.2 Å². The standard InChI is InChI=1S/C14H28N2O2/c1-3-9-15-13(14(17)18-2)12-16-10-7-5-4-6-8-11-16/h13,15H,3-12H2,1-2H3. The SMILES string of the molecule is CCCNC(CN1CCCCCCC1)C(=O)OC. The zero-order chi connectivity index (χ0) is 13.2. The first-order valence-electron chi connectivity index (χ1n) is 7.31. The van der Waals surface area contributed by atoms with Crippen molar-refractivity contribution in [2.75, 3.05) is 33.3 Å². The Balaban J connectivity index is 2.43. The second-order valence-electron chi connectivity index (χ2n) is 5.10. The average molecular weight is 256 g/mol. The van der Waals surface area contributed by atoms with Gasteiger partial charge < -0.3 is 15.0 Å². The predicted octanol–water partition coefficient (Wildman–Crippen LogP) is 1.79. The summed E-state index contributed by atoms with van der Waals surface area (Å²) < 4.78 is 4.88. The highest BCUT2D eigenvalue weighted by Gasteiger charge is 2.21. The van der Waals surface area contributed by atoms with Crippen LogP contribution in [-0.2, 0) is 9.53 Å². The molecule has 0 spiro atoms. The van der Waals surface area contributed by atoms with E-state index in [0.29, 0.717) is 0 Å². The molecule has 0 radical (unpaired) electrons. The number of esters is 1. The number of carbonyl (C=O) groups excluding carboxylic acids is 1. The predicted molar refractivity (Wildman–Crippen MR) is 73.6 cm³/mol. The molecule has 1 heterocycles. The maximum Gasteiger partial charge on any atom is 0.324 e. The van der Waals surface area contributed by atoms with Crippen LogP contribution in [-0.4, -0.2) is 50.2 Å². The zero-order valence-electron chi connectivity index (χ0n) is 11.9. The van der Waals surface area contributed by atoms with Crippen LogP contribution in [0.2, 0.25) is 0 Å². The number of nitrogens with one attached hydrogen (secondary N) is 1. The maximum atomic E-state index is 11.7. The van der Waals surface area contributed by atoms with E-state index in [2.05, 4.69) is 17.1 Å². The molecule has 1 saturated heterocycles. The number of likely N-dealkylation sites (tertiary alicyclic amines) is 1. The molecule has 1 aliphatic heterocycles. The molecule has 0 aromatic carbocycles. The monoisotopic (exact) mass is 256 g/mol. The van der Waals surface area contributed by atoms with Gasteiger partial charge in [-0.3, -0.25) is 4.79 Å². The fourth-order valence-electron chi connectivity index (χ4n) is 2.44. The molecule has 1 aliphatic rings. The minimum absolute atomic E-state index is 0.134. The van der Waals surface area contributed by atoms with Gasteiger partial charge in [0.1, 0.15) is 6.04 Å². The van der Waals surface area contributed by atoms with Gasteiger partial charge in [0.05, 0.1) is 7.11 Å². The van der Waals surface area contributed by atoms with Crippen molar-refractivity contribution in [1.29, 1.82) is 0 Å². The van der Waals surface area contributed by atoms with Crippen molar-refractivity contribution in [2.45, 2.75) is 51.5 Å². The van der Waals surface area contributed by atoms with Gasteiger partial charge in [-0.05, 0) is 38.9 Å². The van der Waals surface area contributed by atoms with E-state index in [0.717, 1.165) is 32.6 Å². The van der Waals surface area contributed by atoms with Gasteiger partial charge in [0.2, 0.25) is 0 Å². The van der Waals surface area contributed by atoms with E-state index < -0.39 is 0 Å². The Morgan fingerprint density at radius 3 is 2.39 bits per heavy atom. The molecule has 106 valence electrons. The van der Waals surface area contributed by atoms with Crippen molar-refractivity contribution in [3.05, 3.63) is 0 Å². The zero-order valence-corrected chi connectivity index (χ0v) is 11.9. The first-order valence-corrected chi connectivity index (χ1v) is 7.31. The lowest BCUT2D eigenvalue weighted by Gasteiger charge is -2.28. The lowest BCUT2D eigenvalue weighted by atomic mass is 10.1. The number of ether oxygens (including phenoxy) is 1. The summed E-state index contributed by atoms with van der Waals surface area (Å²) in [6.45, 7) is 5.99. The lowest BCUT2D eigenvalue weighted by Crippen LogP contribution is -2.47.